The molecule has 4 nitrogen and oxygen atoms in total. The first-order valence-corrected chi connectivity index (χ1v) is 3.63. The third-order valence-electron chi connectivity index (χ3n) is 1.51. The molecule has 0 atom stereocenters. The van der Waals surface area contributed by atoms with Gasteiger partial charge in [0.05, 0.1) is 0 Å². The molecular formula is C8H4F3NO3. The summed E-state index contributed by atoms with van der Waals surface area (Å²) < 4.78 is 36.0. The molecule has 1 aromatic heterocycles. The maximum Gasteiger partial charge on any atom is 0.433 e. The smallest absolute Gasteiger partial charge is 0.433 e. The van der Waals surface area contributed by atoms with Gasteiger partial charge in [0.2, 0.25) is 0 Å². The highest BCUT2D eigenvalue weighted by Crippen LogP contribution is 2.27. The molecule has 7 heteroatoms. The predicted molar refractivity (Wildman–Crippen MR) is 41.2 cm³/mol. The normalized spacial score (nSPS) is 11.1. The Morgan fingerprint density at radius 1 is 1.27 bits per heavy atom. The van der Waals surface area contributed by atoms with E-state index in [0.717, 1.165) is 6.07 Å². The molecule has 0 aliphatic carbocycles. The van der Waals surface area contributed by atoms with E-state index in [1.165, 1.54) is 0 Å². The number of carboxylic acids is 1. The Kier molecular flexibility index (Phi) is 2.74. The van der Waals surface area contributed by atoms with Crippen molar-refractivity contribution in [3.8, 4) is 0 Å². The number of rotatable bonds is 2. The third kappa shape index (κ3) is 2.52. The summed E-state index contributed by atoms with van der Waals surface area (Å²) in [6.07, 6.45) is -4.02. The van der Waals surface area contributed by atoms with Gasteiger partial charge in [-0.15, -0.1) is 0 Å². The largest absolute Gasteiger partial charge is 0.475 e. The van der Waals surface area contributed by atoms with E-state index in [2.05, 4.69) is 4.98 Å². The van der Waals surface area contributed by atoms with Crippen molar-refractivity contribution in [3.05, 3.63) is 29.6 Å². The van der Waals surface area contributed by atoms with Gasteiger partial charge >= 0.3 is 12.1 Å². The van der Waals surface area contributed by atoms with Crippen molar-refractivity contribution in [2.24, 2.45) is 0 Å². The van der Waals surface area contributed by atoms with Crippen molar-refractivity contribution in [2.45, 2.75) is 6.18 Å². The molecule has 0 aromatic carbocycles. The average molecular weight is 219 g/mol. The fourth-order valence-corrected chi connectivity index (χ4v) is 0.819. The number of carboxylic acid groups (broad SMARTS) is 1. The Labute approximate surface area is 81.4 Å². The van der Waals surface area contributed by atoms with Crippen LogP contribution in [0.2, 0.25) is 0 Å². The van der Waals surface area contributed by atoms with Crippen LogP contribution in [0.4, 0.5) is 13.2 Å². The summed E-state index contributed by atoms with van der Waals surface area (Å²) in [6, 6.07) is 1.32. The number of Topliss-reactive ketones (excluding diaryl/α,β-unsaturated/α-hetero) is 1. The number of pyridine rings is 1. The van der Waals surface area contributed by atoms with E-state index < -0.39 is 29.2 Å². The van der Waals surface area contributed by atoms with Crippen molar-refractivity contribution in [1.82, 2.24) is 4.98 Å². The van der Waals surface area contributed by atoms with E-state index in [0.29, 0.717) is 12.3 Å². The molecule has 80 valence electrons. The first-order valence-electron chi connectivity index (χ1n) is 3.63. The van der Waals surface area contributed by atoms with Gasteiger partial charge in [0.1, 0.15) is 5.69 Å². The van der Waals surface area contributed by atoms with Gasteiger partial charge in [0.15, 0.2) is 0 Å². The topological polar surface area (TPSA) is 67.3 Å². The van der Waals surface area contributed by atoms with Gasteiger partial charge in [-0.2, -0.15) is 13.2 Å². The van der Waals surface area contributed by atoms with Gasteiger partial charge in [0.25, 0.3) is 5.78 Å². The fourth-order valence-electron chi connectivity index (χ4n) is 0.819. The molecule has 1 rings (SSSR count). The lowest BCUT2D eigenvalue weighted by atomic mass is 10.2. The van der Waals surface area contributed by atoms with E-state index in [-0.39, 0.29) is 0 Å². The highest BCUT2D eigenvalue weighted by Gasteiger charge is 2.32. The van der Waals surface area contributed by atoms with E-state index in [1.807, 2.05) is 0 Å². The highest BCUT2D eigenvalue weighted by molar-refractivity contribution is 6.39. The molecule has 0 unspecified atom stereocenters. The minimum atomic E-state index is -4.61. The van der Waals surface area contributed by atoms with Gasteiger partial charge in [-0.1, -0.05) is 0 Å². The summed E-state index contributed by atoms with van der Waals surface area (Å²) in [5.74, 6) is -3.03. The van der Waals surface area contributed by atoms with Crippen LogP contribution in [0.5, 0.6) is 0 Å². The number of ketones is 1. The van der Waals surface area contributed by atoms with Crippen molar-refractivity contribution < 1.29 is 27.9 Å². The SMILES string of the molecule is O=C(O)C(=O)c1ccc(C(F)(F)F)nc1. The van der Waals surface area contributed by atoms with Gasteiger partial charge in [-0.3, -0.25) is 9.78 Å². The van der Waals surface area contributed by atoms with E-state index in [4.69, 9.17) is 5.11 Å². The molecule has 0 saturated heterocycles. The maximum absolute atomic E-state index is 12.0. The molecule has 0 fully saturated rings. The molecule has 15 heavy (non-hydrogen) atoms. The molecule has 1 aromatic rings. The monoisotopic (exact) mass is 219 g/mol. The fraction of sp³-hybridized carbons (Fsp3) is 0.125. The molecule has 0 bridgehead atoms. The van der Waals surface area contributed by atoms with Crippen LogP contribution < -0.4 is 0 Å². The molecule has 1 N–H and O–H groups in total. The lowest BCUT2D eigenvalue weighted by Crippen LogP contribution is -2.14. The van der Waals surface area contributed by atoms with Crippen LogP contribution in [-0.4, -0.2) is 21.8 Å². The van der Waals surface area contributed by atoms with E-state index in [9.17, 15) is 22.8 Å². The van der Waals surface area contributed by atoms with Crippen molar-refractivity contribution in [3.63, 3.8) is 0 Å². The molecule has 0 amide bonds. The van der Waals surface area contributed by atoms with Gasteiger partial charge in [-0.05, 0) is 12.1 Å². The molecule has 0 radical (unpaired) electrons. The Hall–Kier alpha value is -1.92. The summed E-state index contributed by atoms with van der Waals surface area (Å²) in [6.45, 7) is 0. The Morgan fingerprint density at radius 2 is 1.87 bits per heavy atom. The van der Waals surface area contributed by atoms with Crippen LogP contribution in [-0.2, 0) is 11.0 Å². The molecule has 0 aliphatic heterocycles. The van der Waals surface area contributed by atoms with E-state index in [1.54, 1.807) is 0 Å². The number of alkyl halides is 3. The second-order valence-electron chi connectivity index (χ2n) is 2.56. The molecule has 0 saturated carbocycles. The highest BCUT2D eigenvalue weighted by atomic mass is 19.4. The zero-order chi connectivity index (χ0) is 11.6. The Balaban J connectivity index is 3.01. The summed E-state index contributed by atoms with van der Waals surface area (Å²) in [7, 11) is 0. The number of nitrogens with zero attached hydrogens (tertiary/aromatic N) is 1. The first kappa shape index (κ1) is 11.2. The van der Waals surface area contributed by atoms with Gasteiger partial charge < -0.3 is 5.11 Å². The van der Waals surface area contributed by atoms with Crippen molar-refractivity contribution in [1.29, 1.82) is 0 Å². The van der Waals surface area contributed by atoms with Crippen LogP contribution in [0.3, 0.4) is 0 Å². The average Bonchev–Trinajstić information content (AvgIpc) is 2.15. The second-order valence-corrected chi connectivity index (χ2v) is 2.56. The predicted octanol–water partition coefficient (Wildman–Crippen LogP) is 1.37. The number of hydrogen-bond acceptors (Lipinski definition) is 3. The number of halogens is 3. The number of carbonyl (C=O) groups is 2. The minimum Gasteiger partial charge on any atom is -0.475 e. The molecule has 0 spiro atoms. The summed E-state index contributed by atoms with van der Waals surface area (Å²) >= 11 is 0. The Morgan fingerprint density at radius 3 is 2.20 bits per heavy atom. The summed E-state index contributed by atoms with van der Waals surface area (Å²) in [5, 5.41) is 8.27. The molecule has 1 heterocycles. The van der Waals surface area contributed by atoms with Crippen molar-refractivity contribution >= 4 is 11.8 Å². The minimum absolute atomic E-state index is 0.393. The van der Waals surface area contributed by atoms with Gasteiger partial charge in [-0.25, -0.2) is 4.79 Å². The zero-order valence-corrected chi connectivity index (χ0v) is 7.08. The van der Waals surface area contributed by atoms with Crippen LogP contribution in [0.15, 0.2) is 18.3 Å². The van der Waals surface area contributed by atoms with Crippen LogP contribution >= 0.6 is 0 Å². The lowest BCUT2D eigenvalue weighted by Gasteiger charge is -2.04. The van der Waals surface area contributed by atoms with E-state index >= 15 is 0 Å². The molecular weight excluding hydrogens is 215 g/mol. The summed E-state index contributed by atoms with van der Waals surface area (Å²) in [4.78, 5) is 23.9. The zero-order valence-electron chi connectivity index (χ0n) is 7.08. The number of hydrogen-bond donors (Lipinski definition) is 1. The second kappa shape index (κ2) is 3.68. The number of aliphatic carboxylic acids is 1. The van der Waals surface area contributed by atoms with Crippen LogP contribution in [0.25, 0.3) is 0 Å². The maximum atomic E-state index is 12.0. The first-order chi connectivity index (χ1) is 6.82. The number of carbonyl (C=O) groups excluding carboxylic acids is 1. The summed E-state index contributed by atoms with van der Waals surface area (Å²) in [5.41, 5.74) is -1.57. The molecule has 0 aliphatic rings. The van der Waals surface area contributed by atoms with Crippen LogP contribution in [0, 0.1) is 0 Å². The lowest BCUT2D eigenvalue weighted by molar-refractivity contribution is -0.141. The Bertz CT molecular complexity index is 397. The quantitative estimate of drug-likeness (QED) is 0.602. The standard InChI is InChI=1S/C8H4F3NO3/c9-8(10,11)5-2-1-4(3-12-5)6(13)7(14)15/h1-3H,(H,14,15). The van der Waals surface area contributed by atoms with Gasteiger partial charge in [0, 0.05) is 11.8 Å². The third-order valence-corrected chi connectivity index (χ3v) is 1.51. The number of aromatic nitrogens is 1. The van der Waals surface area contributed by atoms with Crippen LogP contribution in [0.1, 0.15) is 16.1 Å². The van der Waals surface area contributed by atoms with Crippen molar-refractivity contribution in [2.75, 3.05) is 0 Å².